The van der Waals surface area contributed by atoms with Crippen molar-refractivity contribution in [2.24, 2.45) is 0 Å². The van der Waals surface area contributed by atoms with Gasteiger partial charge in [-0.1, -0.05) is 73.5 Å². The third kappa shape index (κ3) is 14.4. The Morgan fingerprint density at radius 3 is 1.45 bits per heavy atom. The maximum atomic E-state index is 14.2. The van der Waals surface area contributed by atoms with Crippen molar-refractivity contribution in [2.75, 3.05) is 13.2 Å². The van der Waals surface area contributed by atoms with E-state index in [2.05, 4.69) is 34.9 Å². The monoisotopic (exact) mass is 944 g/mol. The van der Waals surface area contributed by atoms with E-state index in [-0.39, 0.29) is 11.7 Å². The fourth-order valence-corrected chi connectivity index (χ4v) is 11.3. The van der Waals surface area contributed by atoms with E-state index in [1.54, 1.807) is 0 Å². The predicted molar refractivity (Wildman–Crippen MR) is 230 cm³/mol. The summed E-state index contributed by atoms with van der Waals surface area (Å²) >= 11 is 0. The van der Waals surface area contributed by atoms with E-state index in [1.807, 2.05) is 36.4 Å². The molecule has 20 nitrogen and oxygen atoms in total. The minimum atomic E-state index is -1.85. The van der Waals surface area contributed by atoms with Crippen LogP contribution < -0.4 is 21.2 Å². The Bertz CT molecular complexity index is 1990. The van der Waals surface area contributed by atoms with Crippen LogP contribution in [0.25, 0.3) is 0 Å². The van der Waals surface area contributed by atoms with E-state index in [9.17, 15) is 38.4 Å². The lowest BCUT2D eigenvalue weighted by Gasteiger charge is -2.49. The van der Waals surface area contributed by atoms with E-state index in [0.29, 0.717) is 6.42 Å². The first kappa shape index (κ1) is 51.3. The van der Waals surface area contributed by atoms with Crippen molar-refractivity contribution in [2.45, 2.75) is 147 Å². The number of hydrogen-bond donors (Lipinski definition) is 2. The molecule has 12 atom stereocenters. The van der Waals surface area contributed by atoms with Crippen LogP contribution in [0, 0.1) is 0 Å². The Morgan fingerprint density at radius 1 is 0.515 bits per heavy atom. The van der Waals surface area contributed by atoms with Gasteiger partial charge in [0.2, 0.25) is 0 Å². The van der Waals surface area contributed by atoms with E-state index < -0.39 is 130 Å². The zero-order valence-corrected chi connectivity index (χ0v) is 38.6. The van der Waals surface area contributed by atoms with Crippen LogP contribution in [0.5, 0.6) is 0 Å². The molecular formula is C45H57N2O18P. The van der Waals surface area contributed by atoms with Gasteiger partial charge >= 0.3 is 47.8 Å². The van der Waals surface area contributed by atoms with Crippen molar-refractivity contribution in [3.8, 4) is 0 Å². The molecule has 0 spiro atoms. The molecule has 360 valence electrons. The number of nitrogens with one attached hydrogen (secondary N) is 2. The molecule has 0 radical (unpaired) electrons. The van der Waals surface area contributed by atoms with Crippen LogP contribution in [0.1, 0.15) is 74.1 Å². The van der Waals surface area contributed by atoms with Gasteiger partial charge in [0.1, 0.15) is 31.5 Å². The van der Waals surface area contributed by atoms with Gasteiger partial charge in [-0.05, 0) is 31.4 Å². The SMILES string of the molecule is CC(=O)OCC1O[C@@H](O[C@@H]2C(COC(C)=O)O[C@@H](NC(=O)N[C@H]3CCCC[C@@H]3P(c3ccccc3)c3ccccc3)C(OC(C)=O)C2OC(C)=O)C(OC(C)=O)C(OC(C)=O)[C@@H]1OC(C)=O. The number of hydrogen-bond acceptors (Lipinski definition) is 18. The molecule has 1 saturated carbocycles. The van der Waals surface area contributed by atoms with E-state index in [0.717, 1.165) is 78.3 Å². The molecule has 66 heavy (non-hydrogen) atoms. The highest BCUT2D eigenvalue weighted by Gasteiger charge is 2.57. The first-order valence-electron chi connectivity index (χ1n) is 21.5. The van der Waals surface area contributed by atoms with E-state index >= 15 is 0 Å². The number of urea groups is 1. The smallest absolute Gasteiger partial charge is 0.317 e. The number of rotatable bonds is 16. The Kier molecular flexibility index (Phi) is 18.8. The first-order chi connectivity index (χ1) is 31.4. The molecule has 6 unspecified atom stereocenters. The van der Waals surface area contributed by atoms with Gasteiger partial charge in [0.15, 0.2) is 43.0 Å². The third-order valence-corrected chi connectivity index (χ3v) is 13.6. The van der Waals surface area contributed by atoms with Crippen molar-refractivity contribution in [1.82, 2.24) is 10.6 Å². The van der Waals surface area contributed by atoms with Crippen LogP contribution in [-0.4, -0.2) is 134 Å². The molecule has 1 aliphatic carbocycles. The molecule has 21 heteroatoms. The Hall–Kier alpha value is -5.69. The average Bonchev–Trinajstić information content (AvgIpc) is 3.24. The zero-order chi connectivity index (χ0) is 48.1. The van der Waals surface area contributed by atoms with Crippen LogP contribution in [0.4, 0.5) is 4.79 Å². The quantitative estimate of drug-likeness (QED) is 0.139. The van der Waals surface area contributed by atoms with Gasteiger partial charge in [-0.3, -0.25) is 33.6 Å². The molecule has 0 bridgehead atoms. The molecule has 2 N–H and O–H groups in total. The lowest BCUT2D eigenvalue weighted by molar-refractivity contribution is -0.345. The van der Waals surface area contributed by atoms with Crippen LogP contribution >= 0.6 is 7.92 Å². The predicted octanol–water partition coefficient (Wildman–Crippen LogP) is 2.35. The Balaban J connectivity index is 1.51. The molecule has 3 aliphatic rings. The second-order valence-electron chi connectivity index (χ2n) is 15.8. The normalized spacial score (nSPS) is 28.4. The fourth-order valence-electron chi connectivity index (χ4n) is 8.27. The van der Waals surface area contributed by atoms with Gasteiger partial charge < -0.3 is 58.0 Å². The topological polar surface area (TPSA) is 253 Å². The van der Waals surface area contributed by atoms with Crippen LogP contribution in [0.15, 0.2) is 60.7 Å². The minimum absolute atomic E-state index is 0.0192. The minimum Gasteiger partial charge on any atom is -0.463 e. The van der Waals surface area contributed by atoms with Crippen LogP contribution in [0.2, 0.25) is 0 Å². The average molecular weight is 945 g/mol. The number of amides is 2. The van der Waals surface area contributed by atoms with Gasteiger partial charge in [-0.15, -0.1) is 0 Å². The van der Waals surface area contributed by atoms with Gasteiger partial charge in [0, 0.05) is 60.2 Å². The Morgan fingerprint density at radius 2 is 0.955 bits per heavy atom. The van der Waals surface area contributed by atoms with Gasteiger partial charge in [0.25, 0.3) is 0 Å². The van der Waals surface area contributed by atoms with Crippen molar-refractivity contribution < 1.29 is 85.7 Å². The summed E-state index contributed by atoms with van der Waals surface area (Å²) in [5.41, 5.74) is 0.0192. The Labute approximate surface area is 383 Å². The summed E-state index contributed by atoms with van der Waals surface area (Å²) in [5, 5.41) is 8.16. The molecule has 0 aromatic heterocycles. The highest BCUT2D eigenvalue weighted by molar-refractivity contribution is 7.73. The van der Waals surface area contributed by atoms with E-state index in [1.165, 1.54) is 0 Å². The molecule has 5 rings (SSSR count). The summed E-state index contributed by atoms with van der Waals surface area (Å²) in [6.07, 6.45) is -13.0. The largest absolute Gasteiger partial charge is 0.463 e. The summed E-state index contributed by atoms with van der Waals surface area (Å²) in [6.45, 7) is 6.27. The third-order valence-electron chi connectivity index (χ3n) is 10.6. The molecule has 3 fully saturated rings. The fraction of sp³-hybridized carbons (Fsp3) is 0.556. The molecule has 2 aromatic carbocycles. The number of carbonyl (C=O) groups excluding carboxylic acids is 8. The number of esters is 7. The van der Waals surface area contributed by atoms with Crippen molar-refractivity contribution in [3.05, 3.63) is 60.7 Å². The van der Waals surface area contributed by atoms with Crippen molar-refractivity contribution in [1.29, 1.82) is 0 Å². The number of benzene rings is 2. The number of carbonyl (C=O) groups is 8. The summed E-state index contributed by atoms with van der Waals surface area (Å²) in [7, 11) is -0.949. The molecule has 2 aromatic rings. The van der Waals surface area contributed by atoms with Gasteiger partial charge in [0.05, 0.1) is 0 Å². The second kappa shape index (κ2) is 24.2. The summed E-state index contributed by atoms with van der Waals surface area (Å²) in [5.74, 6) is -6.05. The van der Waals surface area contributed by atoms with Crippen molar-refractivity contribution in [3.63, 3.8) is 0 Å². The van der Waals surface area contributed by atoms with Gasteiger partial charge in [-0.2, -0.15) is 0 Å². The molecular weight excluding hydrogens is 887 g/mol. The molecule has 2 heterocycles. The lowest BCUT2D eigenvalue weighted by atomic mass is 9.94. The van der Waals surface area contributed by atoms with Crippen LogP contribution in [0.3, 0.4) is 0 Å². The lowest BCUT2D eigenvalue weighted by Crippen LogP contribution is -2.69. The van der Waals surface area contributed by atoms with Crippen LogP contribution in [-0.2, 0) is 80.9 Å². The maximum Gasteiger partial charge on any atom is 0.317 e. The van der Waals surface area contributed by atoms with Gasteiger partial charge in [-0.25, -0.2) is 4.79 Å². The first-order valence-corrected chi connectivity index (χ1v) is 22.9. The molecule has 2 amide bonds. The maximum absolute atomic E-state index is 14.2. The van der Waals surface area contributed by atoms with Crippen molar-refractivity contribution >= 4 is 66.3 Å². The summed E-state index contributed by atoms with van der Waals surface area (Å²) in [4.78, 5) is 102. The summed E-state index contributed by atoms with van der Waals surface area (Å²) in [6, 6.07) is 19.2. The molecule has 2 aliphatic heterocycles. The standard InChI is InChI=1S/C45H57N2O18P/c1-24(48)56-22-34-38(65-44-42(62-30(7)54)40(60-28(5)52)37(58-26(3)50)35(64-44)23-57-25(2)49)39(59-27(4)51)41(61-29(6)53)43(63-34)47-45(55)46-33-20-14-15-21-36(33)66(31-16-10-8-11-17-31)32-18-12-9-13-19-32/h8-13,16-19,33-44H,14-15,20-23H2,1-7H3,(H2,46,47,55)/t33-,34?,35?,36-,37+,38+,39?,40?,41?,42?,43+,44-/m0/s1. The zero-order valence-electron chi connectivity index (χ0n) is 37.7. The highest BCUT2D eigenvalue weighted by atomic mass is 31.1. The highest BCUT2D eigenvalue weighted by Crippen LogP contribution is 2.46. The number of ether oxygens (including phenoxy) is 10. The van der Waals surface area contributed by atoms with E-state index in [4.69, 9.17) is 47.4 Å². The second-order valence-corrected chi connectivity index (χ2v) is 18.3. The molecule has 2 saturated heterocycles. The summed E-state index contributed by atoms with van der Waals surface area (Å²) < 4.78 is 57.5.